The predicted molar refractivity (Wildman–Crippen MR) is 155 cm³/mol. The van der Waals surface area contributed by atoms with Crippen LogP contribution in [0.3, 0.4) is 0 Å². The summed E-state index contributed by atoms with van der Waals surface area (Å²) in [7, 11) is 0. The number of likely N-dealkylation sites (tertiary alicyclic amines) is 2. The van der Waals surface area contributed by atoms with E-state index in [0.29, 0.717) is 24.9 Å². The van der Waals surface area contributed by atoms with Crippen molar-refractivity contribution < 1.29 is 22.7 Å². The monoisotopic (exact) mass is 556 g/mol. The summed E-state index contributed by atoms with van der Waals surface area (Å²) in [6, 6.07) is 13.0. The molecular weight excluding hydrogens is 513 g/mol. The number of alkyl halides is 2. The van der Waals surface area contributed by atoms with E-state index in [9.17, 15) is 18.0 Å². The molecule has 0 spiro atoms. The molecule has 0 saturated carbocycles. The number of hydrogen-bond acceptors (Lipinski definition) is 3. The second kappa shape index (κ2) is 16.9. The molecule has 2 aliphatic rings. The molecule has 4 nitrogen and oxygen atoms in total. The Kier molecular flexibility index (Phi) is 13.3. The Morgan fingerprint density at radius 2 is 1.75 bits per heavy atom. The molecule has 7 heteroatoms. The van der Waals surface area contributed by atoms with Gasteiger partial charge < -0.3 is 14.5 Å². The van der Waals surface area contributed by atoms with Crippen LogP contribution in [0.2, 0.25) is 0 Å². The van der Waals surface area contributed by atoms with Crippen LogP contribution in [0.25, 0.3) is 0 Å². The lowest BCUT2D eigenvalue weighted by molar-refractivity contribution is -0.0502. The topological polar surface area (TPSA) is 32.8 Å². The van der Waals surface area contributed by atoms with Crippen LogP contribution >= 0.6 is 0 Å². The van der Waals surface area contributed by atoms with Crippen LogP contribution in [0.4, 0.5) is 13.2 Å². The first kappa shape index (κ1) is 31.5. The SMILES string of the molecule is C/C=C\C=C/CCCC.O=C(c1ccccc1OC(F)F)N1CCC(CN2CCC(c3ccc(F)cc3)CC2)C1. The molecule has 2 aromatic rings. The fraction of sp³-hybridized carbons (Fsp3) is 0.485. The van der Waals surface area contributed by atoms with Gasteiger partial charge in [0.25, 0.3) is 5.91 Å². The Balaban J connectivity index is 0.000000424. The van der Waals surface area contributed by atoms with Gasteiger partial charge in [0.1, 0.15) is 11.6 Å². The Morgan fingerprint density at radius 3 is 2.42 bits per heavy atom. The number of benzene rings is 2. The van der Waals surface area contributed by atoms with Gasteiger partial charge in [0.05, 0.1) is 5.56 Å². The highest BCUT2D eigenvalue weighted by atomic mass is 19.3. The predicted octanol–water partition coefficient (Wildman–Crippen LogP) is 8.08. The highest BCUT2D eigenvalue weighted by molar-refractivity contribution is 5.97. The number of carbonyl (C=O) groups is 1. The second-order valence-electron chi connectivity index (χ2n) is 10.5. The van der Waals surface area contributed by atoms with Crippen LogP contribution in [-0.4, -0.2) is 55.0 Å². The summed E-state index contributed by atoms with van der Waals surface area (Å²) in [5.41, 5.74) is 1.38. The third kappa shape index (κ3) is 10.2. The van der Waals surface area contributed by atoms with Crippen molar-refractivity contribution in [3.8, 4) is 5.75 Å². The number of ether oxygens (including phenoxy) is 1. The fourth-order valence-corrected chi connectivity index (χ4v) is 5.34. The normalized spacial score (nSPS) is 18.4. The van der Waals surface area contributed by atoms with E-state index in [1.165, 1.54) is 49.1 Å². The average molecular weight is 557 g/mol. The van der Waals surface area contributed by atoms with Crippen molar-refractivity contribution in [2.75, 3.05) is 32.7 Å². The van der Waals surface area contributed by atoms with E-state index in [4.69, 9.17) is 0 Å². The summed E-state index contributed by atoms with van der Waals surface area (Å²) < 4.78 is 43.0. The van der Waals surface area contributed by atoms with Crippen LogP contribution in [-0.2, 0) is 0 Å². The smallest absolute Gasteiger partial charge is 0.387 e. The molecule has 1 unspecified atom stereocenters. The number of unbranched alkanes of at least 4 members (excludes halogenated alkanes) is 2. The molecule has 2 heterocycles. The minimum absolute atomic E-state index is 0.0752. The minimum Gasteiger partial charge on any atom is -0.434 e. The Bertz CT molecular complexity index is 1080. The molecule has 0 bridgehead atoms. The lowest BCUT2D eigenvalue weighted by Gasteiger charge is -2.33. The third-order valence-electron chi connectivity index (χ3n) is 7.52. The molecule has 0 N–H and O–H groups in total. The summed E-state index contributed by atoms with van der Waals surface area (Å²) in [5.74, 6) is 0.298. The number of allylic oxidation sites excluding steroid dienone is 4. The van der Waals surface area contributed by atoms with Gasteiger partial charge in [-0.3, -0.25) is 4.79 Å². The Hall–Kier alpha value is -3.06. The number of piperidine rings is 1. The Labute approximate surface area is 237 Å². The number of amides is 1. The summed E-state index contributed by atoms with van der Waals surface area (Å²) in [6.45, 7) is 5.42. The number of nitrogens with zero attached hydrogens (tertiary/aromatic N) is 2. The van der Waals surface area contributed by atoms with E-state index < -0.39 is 6.61 Å². The second-order valence-corrected chi connectivity index (χ2v) is 10.5. The number of hydrogen-bond donors (Lipinski definition) is 0. The molecule has 0 aliphatic carbocycles. The van der Waals surface area contributed by atoms with E-state index in [2.05, 4.69) is 34.8 Å². The molecule has 4 rings (SSSR count). The molecule has 2 aliphatic heterocycles. The van der Waals surface area contributed by atoms with Crippen LogP contribution in [0, 0.1) is 11.7 Å². The van der Waals surface area contributed by atoms with Crippen molar-refractivity contribution >= 4 is 5.91 Å². The number of halogens is 3. The van der Waals surface area contributed by atoms with Gasteiger partial charge in [-0.25, -0.2) is 4.39 Å². The average Bonchev–Trinajstić information content (AvgIpc) is 3.42. The molecule has 1 atom stereocenters. The molecule has 218 valence electrons. The van der Waals surface area contributed by atoms with Crippen molar-refractivity contribution in [1.82, 2.24) is 9.80 Å². The highest BCUT2D eigenvalue weighted by Gasteiger charge is 2.31. The van der Waals surface area contributed by atoms with Gasteiger partial charge in [0.15, 0.2) is 0 Å². The quantitative estimate of drug-likeness (QED) is 0.219. The van der Waals surface area contributed by atoms with Crippen molar-refractivity contribution in [2.45, 2.75) is 64.9 Å². The summed E-state index contributed by atoms with van der Waals surface area (Å²) in [4.78, 5) is 17.0. The molecule has 2 saturated heterocycles. The van der Waals surface area contributed by atoms with Crippen LogP contribution in [0.1, 0.15) is 74.2 Å². The summed E-state index contributed by atoms with van der Waals surface area (Å²) in [6.07, 6.45) is 15.2. The summed E-state index contributed by atoms with van der Waals surface area (Å²) in [5, 5.41) is 0. The molecule has 0 radical (unpaired) electrons. The lowest BCUT2D eigenvalue weighted by Crippen LogP contribution is -2.38. The van der Waals surface area contributed by atoms with Crippen molar-refractivity contribution in [3.63, 3.8) is 0 Å². The van der Waals surface area contributed by atoms with Crippen molar-refractivity contribution in [3.05, 3.63) is 89.8 Å². The van der Waals surface area contributed by atoms with Crippen molar-refractivity contribution in [2.24, 2.45) is 5.92 Å². The van der Waals surface area contributed by atoms with Crippen LogP contribution in [0.5, 0.6) is 5.75 Å². The first-order valence-corrected chi connectivity index (χ1v) is 14.5. The molecule has 40 heavy (non-hydrogen) atoms. The zero-order valence-electron chi connectivity index (χ0n) is 23.8. The van der Waals surface area contributed by atoms with Crippen molar-refractivity contribution in [1.29, 1.82) is 0 Å². The maximum atomic E-state index is 13.1. The molecule has 2 fully saturated rings. The van der Waals surface area contributed by atoms with E-state index >= 15 is 0 Å². The number of rotatable bonds is 10. The zero-order valence-corrected chi connectivity index (χ0v) is 23.8. The highest BCUT2D eigenvalue weighted by Crippen LogP contribution is 2.30. The van der Waals surface area contributed by atoms with E-state index in [0.717, 1.165) is 38.9 Å². The van der Waals surface area contributed by atoms with Gasteiger partial charge in [-0.15, -0.1) is 0 Å². The minimum atomic E-state index is -2.96. The van der Waals surface area contributed by atoms with Gasteiger partial charge in [-0.2, -0.15) is 8.78 Å². The van der Waals surface area contributed by atoms with Gasteiger partial charge >= 0.3 is 6.61 Å². The lowest BCUT2D eigenvalue weighted by atomic mass is 9.89. The van der Waals surface area contributed by atoms with E-state index in [1.54, 1.807) is 17.0 Å². The molecule has 1 amide bonds. The maximum Gasteiger partial charge on any atom is 0.387 e. The zero-order chi connectivity index (χ0) is 28.7. The van der Waals surface area contributed by atoms with Gasteiger partial charge in [0.2, 0.25) is 0 Å². The van der Waals surface area contributed by atoms with Crippen LogP contribution in [0.15, 0.2) is 72.8 Å². The first-order chi connectivity index (χ1) is 19.4. The molecule has 2 aromatic carbocycles. The standard InChI is InChI=1S/C24H27F3N2O2.C9H16/c25-20-7-5-18(6-8-20)19-10-12-28(13-11-19)15-17-9-14-29(16-17)23(30)21-3-1-2-4-22(21)31-24(26)27;1-3-5-7-9-8-6-4-2/h1-8,17,19,24H,9-16H2;3,5,7,9H,4,6,8H2,1-2H3/b;5-3-,9-7-. The van der Waals surface area contributed by atoms with E-state index in [-0.39, 0.29) is 23.0 Å². The fourth-order valence-electron chi connectivity index (χ4n) is 5.34. The van der Waals surface area contributed by atoms with Crippen LogP contribution < -0.4 is 4.74 Å². The number of carbonyl (C=O) groups excluding carboxylic acids is 1. The van der Waals surface area contributed by atoms with Gasteiger partial charge in [-0.1, -0.05) is 68.3 Å². The third-order valence-corrected chi connectivity index (χ3v) is 7.52. The summed E-state index contributed by atoms with van der Waals surface area (Å²) >= 11 is 0. The largest absolute Gasteiger partial charge is 0.434 e. The van der Waals surface area contributed by atoms with E-state index in [1.807, 2.05) is 25.1 Å². The van der Waals surface area contributed by atoms with Gasteiger partial charge in [-0.05, 0) is 87.4 Å². The Morgan fingerprint density at radius 1 is 1.02 bits per heavy atom. The van der Waals surface area contributed by atoms with Gasteiger partial charge in [0, 0.05) is 19.6 Å². The molecular formula is C33H43F3N2O2. The first-order valence-electron chi connectivity index (χ1n) is 14.5. The maximum absolute atomic E-state index is 13.1. The molecule has 0 aromatic heterocycles. The number of para-hydroxylation sites is 1.